The molecule has 2 nitrogen and oxygen atoms in total. The van der Waals surface area contributed by atoms with E-state index in [0.29, 0.717) is 0 Å². The topological polar surface area (TPSA) is 6.48 Å². The van der Waals surface area contributed by atoms with Crippen LogP contribution in [0.3, 0.4) is 0 Å². The van der Waals surface area contributed by atoms with Gasteiger partial charge in [-0.1, -0.05) is 30.7 Å². The molecule has 0 radical (unpaired) electrons. The van der Waals surface area contributed by atoms with Crippen molar-refractivity contribution < 1.29 is 0 Å². The second-order valence-electron chi connectivity index (χ2n) is 9.19. The Kier molecular flexibility index (Phi) is 4.60. The number of hydrogen-bond acceptors (Lipinski definition) is 2. The van der Waals surface area contributed by atoms with Crippen molar-refractivity contribution >= 4 is 0 Å². The van der Waals surface area contributed by atoms with E-state index in [1.54, 1.807) is 5.56 Å². The molecule has 25 heavy (non-hydrogen) atoms. The van der Waals surface area contributed by atoms with Gasteiger partial charge in [-0.15, -0.1) is 0 Å². The number of rotatable bonds is 5. The zero-order valence-electron chi connectivity index (χ0n) is 15.7. The third kappa shape index (κ3) is 3.28. The van der Waals surface area contributed by atoms with Crippen LogP contribution in [0.15, 0.2) is 24.3 Å². The molecule has 0 N–H and O–H groups in total. The fourth-order valence-corrected chi connectivity index (χ4v) is 5.99. The van der Waals surface area contributed by atoms with Gasteiger partial charge in [-0.05, 0) is 86.9 Å². The summed E-state index contributed by atoms with van der Waals surface area (Å²) >= 11 is 0. The molecule has 3 unspecified atom stereocenters. The van der Waals surface area contributed by atoms with Crippen LogP contribution in [-0.2, 0) is 6.42 Å². The third-order valence-electron chi connectivity index (χ3n) is 7.80. The Morgan fingerprint density at radius 3 is 2.36 bits per heavy atom. The molecule has 0 bridgehead atoms. The minimum atomic E-state index is 0.836. The first-order valence-corrected chi connectivity index (χ1v) is 10.9. The minimum Gasteiger partial charge on any atom is -0.303 e. The van der Waals surface area contributed by atoms with Crippen LogP contribution in [0.1, 0.15) is 62.0 Å². The second kappa shape index (κ2) is 7.04. The molecule has 2 saturated heterocycles. The van der Waals surface area contributed by atoms with Crippen molar-refractivity contribution in [3.8, 4) is 0 Å². The Balaban J connectivity index is 1.20. The molecule has 1 aromatic rings. The van der Waals surface area contributed by atoms with E-state index in [9.17, 15) is 0 Å². The zero-order chi connectivity index (χ0) is 16.6. The van der Waals surface area contributed by atoms with Gasteiger partial charge in [0.1, 0.15) is 0 Å². The van der Waals surface area contributed by atoms with Gasteiger partial charge in [-0.3, -0.25) is 4.90 Å². The van der Waals surface area contributed by atoms with E-state index in [-0.39, 0.29) is 0 Å². The Labute approximate surface area is 153 Å². The van der Waals surface area contributed by atoms with Gasteiger partial charge in [0, 0.05) is 25.7 Å². The average molecular weight is 339 g/mol. The van der Waals surface area contributed by atoms with Crippen LogP contribution in [0.2, 0.25) is 0 Å². The normalized spacial score (nSPS) is 33.7. The molecule has 0 amide bonds. The highest BCUT2D eigenvalue weighted by molar-refractivity contribution is 5.28. The fraction of sp³-hybridized carbons (Fsp3) is 0.739. The molecule has 136 valence electrons. The van der Waals surface area contributed by atoms with Gasteiger partial charge in [-0.25, -0.2) is 0 Å². The number of hydrogen-bond donors (Lipinski definition) is 0. The van der Waals surface area contributed by atoms with Crippen LogP contribution in [-0.4, -0.2) is 48.6 Å². The standard InChI is InChI=1S/C23H34N2/c1-2-14-24(13-1)15-12-18-6-8-19(9-7-18)22-11-10-20-16-25(17-23(20)22)21-4-3-5-21/h6-9,20-23H,1-5,10-17H2. The molecule has 5 rings (SSSR count). The van der Waals surface area contributed by atoms with Crippen molar-refractivity contribution in [1.82, 2.24) is 9.80 Å². The van der Waals surface area contributed by atoms with Gasteiger partial charge in [-0.2, -0.15) is 0 Å². The lowest BCUT2D eigenvalue weighted by atomic mass is 9.86. The Bertz CT molecular complexity index is 570. The van der Waals surface area contributed by atoms with Crippen LogP contribution in [0.5, 0.6) is 0 Å². The number of likely N-dealkylation sites (tertiary alicyclic amines) is 2. The summed E-state index contributed by atoms with van der Waals surface area (Å²) in [6.45, 7) is 6.68. The van der Waals surface area contributed by atoms with Gasteiger partial charge in [0.15, 0.2) is 0 Å². The lowest BCUT2D eigenvalue weighted by Crippen LogP contribution is -2.39. The molecule has 2 heteroatoms. The summed E-state index contributed by atoms with van der Waals surface area (Å²) in [5, 5.41) is 0. The van der Waals surface area contributed by atoms with Crippen molar-refractivity contribution in [3.63, 3.8) is 0 Å². The van der Waals surface area contributed by atoms with Gasteiger partial charge in [0.25, 0.3) is 0 Å². The predicted molar refractivity (Wildman–Crippen MR) is 104 cm³/mol. The molecule has 2 aliphatic carbocycles. The summed E-state index contributed by atoms with van der Waals surface area (Å²) in [5.41, 5.74) is 3.17. The first-order valence-electron chi connectivity index (χ1n) is 10.9. The molecular formula is C23H34N2. The highest BCUT2D eigenvalue weighted by Crippen LogP contribution is 2.49. The van der Waals surface area contributed by atoms with Crippen molar-refractivity contribution in [3.05, 3.63) is 35.4 Å². The third-order valence-corrected chi connectivity index (χ3v) is 7.80. The highest BCUT2D eigenvalue weighted by atomic mass is 15.2. The van der Waals surface area contributed by atoms with Crippen LogP contribution in [0.25, 0.3) is 0 Å². The van der Waals surface area contributed by atoms with Gasteiger partial charge in [0.05, 0.1) is 0 Å². The monoisotopic (exact) mass is 338 g/mol. The zero-order valence-corrected chi connectivity index (χ0v) is 15.7. The molecule has 3 atom stereocenters. The summed E-state index contributed by atoms with van der Waals surface area (Å²) in [5.74, 6) is 2.76. The molecule has 2 aliphatic heterocycles. The smallest absolute Gasteiger partial charge is 0.00955 e. The summed E-state index contributed by atoms with van der Waals surface area (Å²) < 4.78 is 0. The van der Waals surface area contributed by atoms with Gasteiger partial charge >= 0.3 is 0 Å². The van der Waals surface area contributed by atoms with Gasteiger partial charge < -0.3 is 4.90 Å². The summed E-state index contributed by atoms with van der Waals surface area (Å²) in [6, 6.07) is 10.7. The van der Waals surface area contributed by atoms with Gasteiger partial charge in [0.2, 0.25) is 0 Å². The SMILES string of the molecule is c1cc(C2CCC3CN(C4CCC4)CC32)ccc1CCN1CCCC1. The predicted octanol–water partition coefficient (Wildman–Crippen LogP) is 4.30. The first-order chi connectivity index (χ1) is 12.4. The maximum atomic E-state index is 2.84. The quantitative estimate of drug-likeness (QED) is 0.790. The largest absolute Gasteiger partial charge is 0.303 e. The molecule has 4 fully saturated rings. The van der Waals surface area contributed by atoms with Crippen LogP contribution in [0, 0.1) is 11.8 Å². The van der Waals surface area contributed by atoms with Crippen molar-refractivity contribution in [2.24, 2.45) is 11.8 Å². The molecule has 0 spiro atoms. The van der Waals surface area contributed by atoms with E-state index in [4.69, 9.17) is 0 Å². The van der Waals surface area contributed by atoms with E-state index in [1.807, 2.05) is 0 Å². The number of nitrogens with zero attached hydrogens (tertiary/aromatic N) is 2. The second-order valence-corrected chi connectivity index (χ2v) is 9.19. The van der Waals surface area contributed by atoms with Crippen molar-refractivity contribution in [1.29, 1.82) is 0 Å². The Morgan fingerprint density at radius 2 is 1.64 bits per heavy atom. The van der Waals surface area contributed by atoms with Crippen LogP contribution in [0.4, 0.5) is 0 Å². The lowest BCUT2D eigenvalue weighted by molar-refractivity contribution is 0.146. The number of benzene rings is 1. The lowest BCUT2D eigenvalue weighted by Gasteiger charge is -2.35. The first kappa shape index (κ1) is 16.3. The van der Waals surface area contributed by atoms with Crippen molar-refractivity contribution in [2.45, 2.75) is 63.3 Å². The number of fused-ring (bicyclic) bond motifs is 1. The molecule has 1 aromatic carbocycles. The minimum absolute atomic E-state index is 0.836. The van der Waals surface area contributed by atoms with Crippen molar-refractivity contribution in [2.75, 3.05) is 32.7 Å². The van der Waals surface area contributed by atoms with E-state index < -0.39 is 0 Å². The maximum absolute atomic E-state index is 2.84. The molecule has 0 aromatic heterocycles. The molecule has 2 heterocycles. The summed E-state index contributed by atoms with van der Waals surface area (Å²) in [6.07, 6.45) is 11.3. The van der Waals surface area contributed by atoms with E-state index in [1.165, 1.54) is 89.7 Å². The Morgan fingerprint density at radius 1 is 0.840 bits per heavy atom. The molecular weight excluding hydrogens is 304 g/mol. The Hall–Kier alpha value is -0.860. The maximum Gasteiger partial charge on any atom is 0.00955 e. The summed E-state index contributed by atoms with van der Waals surface area (Å²) in [7, 11) is 0. The average Bonchev–Trinajstić information content (AvgIpc) is 3.29. The van der Waals surface area contributed by atoms with E-state index >= 15 is 0 Å². The highest BCUT2D eigenvalue weighted by Gasteiger charge is 2.45. The van der Waals surface area contributed by atoms with E-state index in [2.05, 4.69) is 34.1 Å². The fourth-order valence-electron chi connectivity index (χ4n) is 5.99. The summed E-state index contributed by atoms with van der Waals surface area (Å²) in [4.78, 5) is 5.47. The van der Waals surface area contributed by atoms with E-state index in [0.717, 1.165) is 23.8 Å². The van der Waals surface area contributed by atoms with Crippen LogP contribution >= 0.6 is 0 Å². The molecule has 4 aliphatic rings. The van der Waals surface area contributed by atoms with Crippen LogP contribution < -0.4 is 0 Å². The molecule has 2 saturated carbocycles.